The minimum atomic E-state index is -4.68. The summed E-state index contributed by atoms with van der Waals surface area (Å²) in [4.78, 5) is 11.4. The molecule has 0 unspecified atom stereocenters. The van der Waals surface area contributed by atoms with E-state index in [1.807, 2.05) is 0 Å². The first-order chi connectivity index (χ1) is 12.1. The van der Waals surface area contributed by atoms with Crippen molar-refractivity contribution in [3.63, 3.8) is 0 Å². The van der Waals surface area contributed by atoms with Gasteiger partial charge in [0.15, 0.2) is 0 Å². The monoisotopic (exact) mass is 391 g/mol. The van der Waals surface area contributed by atoms with Crippen LogP contribution >= 0.6 is 0 Å². The Morgan fingerprint density at radius 3 is 2.15 bits per heavy atom. The molecule has 2 aromatic carbocycles. The van der Waals surface area contributed by atoms with E-state index in [0.29, 0.717) is 0 Å². The normalized spacial score (nSPS) is 11.8. The Hall–Kier alpha value is -2.66. The molecular weight excluding hydrogens is 378 g/mol. The van der Waals surface area contributed by atoms with Crippen LogP contribution in [0, 0.1) is 5.82 Å². The highest BCUT2D eigenvalue weighted by atomic mass is 32.2. The first-order valence-electron chi connectivity index (χ1n) is 7.06. The molecule has 0 saturated heterocycles. The predicted octanol–water partition coefficient (Wildman–Crippen LogP) is 3.31. The van der Waals surface area contributed by atoms with Crippen molar-refractivity contribution in [2.24, 2.45) is 0 Å². The molecule has 11 heteroatoms. The van der Waals surface area contributed by atoms with Crippen LogP contribution in [-0.4, -0.2) is 27.2 Å². The number of carbonyl (C=O) groups is 1. The summed E-state index contributed by atoms with van der Waals surface area (Å²) in [6.45, 7) is -1.69. The highest BCUT2D eigenvalue weighted by Gasteiger charge is 2.30. The lowest BCUT2D eigenvalue weighted by atomic mass is 10.3. The molecule has 0 aliphatic heterocycles. The molecule has 0 saturated carbocycles. The summed E-state index contributed by atoms with van der Waals surface area (Å²) >= 11 is 0. The number of nitrogens with one attached hydrogen (secondary N) is 3. The highest BCUT2D eigenvalue weighted by molar-refractivity contribution is 7.89. The van der Waals surface area contributed by atoms with Crippen LogP contribution in [0.1, 0.15) is 0 Å². The molecule has 6 nitrogen and oxygen atoms in total. The maximum atomic E-state index is 13.4. The van der Waals surface area contributed by atoms with Gasteiger partial charge in [0.1, 0.15) is 12.4 Å². The number of amides is 2. The van der Waals surface area contributed by atoms with Gasteiger partial charge in [-0.05, 0) is 36.4 Å². The smallest absolute Gasteiger partial charge is 0.308 e. The van der Waals surface area contributed by atoms with E-state index >= 15 is 0 Å². The van der Waals surface area contributed by atoms with Crippen molar-refractivity contribution in [2.45, 2.75) is 11.1 Å². The van der Waals surface area contributed by atoms with E-state index in [1.165, 1.54) is 35.1 Å². The fraction of sp³-hybridized carbons (Fsp3) is 0.133. The average molecular weight is 391 g/mol. The Balaban J connectivity index is 2.01. The van der Waals surface area contributed by atoms with E-state index in [-0.39, 0.29) is 11.4 Å². The third kappa shape index (κ3) is 5.70. The number of para-hydroxylation sites is 1. The molecule has 2 rings (SSSR count). The second-order valence-electron chi connectivity index (χ2n) is 5.02. The van der Waals surface area contributed by atoms with Gasteiger partial charge in [-0.3, -0.25) is 0 Å². The van der Waals surface area contributed by atoms with Crippen LogP contribution in [0.2, 0.25) is 0 Å². The molecule has 0 spiro atoms. The van der Waals surface area contributed by atoms with Crippen molar-refractivity contribution in [1.29, 1.82) is 0 Å². The summed E-state index contributed by atoms with van der Waals surface area (Å²) in [5.74, 6) is -0.639. The lowest BCUT2D eigenvalue weighted by Crippen LogP contribution is -2.33. The number of sulfonamides is 1. The molecule has 0 aromatic heterocycles. The number of rotatable bonds is 5. The Morgan fingerprint density at radius 1 is 0.962 bits per heavy atom. The van der Waals surface area contributed by atoms with E-state index in [4.69, 9.17) is 0 Å². The molecule has 0 radical (unpaired) electrons. The van der Waals surface area contributed by atoms with Crippen LogP contribution in [0.15, 0.2) is 53.4 Å². The standard InChI is InChI=1S/C15H13F4N3O3S/c16-12-3-1-2-4-13(12)22-14(23)21-10-5-7-11(8-6-10)26(24,25)20-9-15(17,18)19/h1-8,20H,9H2,(H2,21,22,23). The zero-order valence-corrected chi connectivity index (χ0v) is 13.8. The fourth-order valence-electron chi connectivity index (χ4n) is 1.82. The number of hydrogen-bond donors (Lipinski definition) is 3. The minimum Gasteiger partial charge on any atom is -0.308 e. The maximum absolute atomic E-state index is 13.4. The van der Waals surface area contributed by atoms with Gasteiger partial charge < -0.3 is 10.6 Å². The Morgan fingerprint density at radius 2 is 1.58 bits per heavy atom. The topological polar surface area (TPSA) is 87.3 Å². The van der Waals surface area contributed by atoms with E-state index in [9.17, 15) is 30.8 Å². The van der Waals surface area contributed by atoms with Crippen LogP contribution in [0.5, 0.6) is 0 Å². The summed E-state index contributed by atoms with van der Waals surface area (Å²) in [6, 6.07) is 9.11. The molecule has 0 heterocycles. The number of benzene rings is 2. The largest absolute Gasteiger partial charge is 0.402 e. The van der Waals surface area contributed by atoms with Gasteiger partial charge in [0, 0.05) is 5.69 Å². The van der Waals surface area contributed by atoms with Gasteiger partial charge in [-0.1, -0.05) is 12.1 Å². The second kappa shape index (κ2) is 7.70. The number of urea groups is 1. The van der Waals surface area contributed by atoms with Crippen LogP contribution in [0.3, 0.4) is 0 Å². The molecule has 0 aliphatic rings. The van der Waals surface area contributed by atoms with E-state index < -0.39 is 39.5 Å². The first-order valence-corrected chi connectivity index (χ1v) is 8.54. The quantitative estimate of drug-likeness (QED) is 0.684. The average Bonchev–Trinajstić information content (AvgIpc) is 2.55. The number of hydrogen-bond acceptors (Lipinski definition) is 3. The third-order valence-corrected chi connectivity index (χ3v) is 4.42. The number of anilines is 2. The molecule has 0 fully saturated rings. The van der Waals surface area contributed by atoms with Crippen LogP contribution in [-0.2, 0) is 10.0 Å². The zero-order valence-electron chi connectivity index (χ0n) is 13.0. The van der Waals surface area contributed by atoms with E-state index in [0.717, 1.165) is 18.2 Å². The summed E-state index contributed by atoms with van der Waals surface area (Å²) in [7, 11) is -4.34. The van der Waals surface area contributed by atoms with Crippen molar-refractivity contribution < 1.29 is 30.8 Å². The van der Waals surface area contributed by atoms with Crippen molar-refractivity contribution in [1.82, 2.24) is 4.72 Å². The van der Waals surface area contributed by atoms with E-state index in [1.54, 1.807) is 0 Å². The zero-order chi connectivity index (χ0) is 19.4. The Bertz CT molecular complexity index is 884. The Labute approximate surface area is 146 Å². The molecule has 0 aliphatic carbocycles. The molecule has 0 atom stereocenters. The second-order valence-corrected chi connectivity index (χ2v) is 6.79. The molecular formula is C15H13F4N3O3S. The summed E-state index contributed by atoms with van der Waals surface area (Å²) in [5, 5.41) is 4.60. The van der Waals surface area contributed by atoms with Crippen molar-refractivity contribution >= 4 is 27.4 Å². The van der Waals surface area contributed by atoms with Gasteiger partial charge in [0.25, 0.3) is 0 Å². The number of halogens is 4. The molecule has 140 valence electrons. The van der Waals surface area contributed by atoms with Gasteiger partial charge >= 0.3 is 12.2 Å². The van der Waals surface area contributed by atoms with Crippen LogP contribution in [0.25, 0.3) is 0 Å². The van der Waals surface area contributed by atoms with Crippen molar-refractivity contribution in [3.05, 3.63) is 54.3 Å². The molecule has 2 aromatic rings. The predicted molar refractivity (Wildman–Crippen MR) is 86.7 cm³/mol. The van der Waals surface area contributed by atoms with Gasteiger partial charge in [-0.25, -0.2) is 22.3 Å². The van der Waals surface area contributed by atoms with E-state index in [2.05, 4.69) is 10.6 Å². The lowest BCUT2D eigenvalue weighted by Gasteiger charge is -2.11. The summed E-state index contributed by atoms with van der Waals surface area (Å²) in [6.07, 6.45) is -4.68. The fourth-order valence-corrected chi connectivity index (χ4v) is 2.84. The molecule has 26 heavy (non-hydrogen) atoms. The summed E-state index contributed by atoms with van der Waals surface area (Å²) in [5.41, 5.74) is 0.106. The minimum absolute atomic E-state index is 0.0550. The third-order valence-electron chi connectivity index (χ3n) is 3.01. The van der Waals surface area contributed by atoms with Gasteiger partial charge in [-0.2, -0.15) is 13.2 Å². The van der Waals surface area contributed by atoms with Crippen LogP contribution < -0.4 is 15.4 Å². The maximum Gasteiger partial charge on any atom is 0.402 e. The van der Waals surface area contributed by atoms with Gasteiger partial charge in [0.2, 0.25) is 10.0 Å². The van der Waals surface area contributed by atoms with Gasteiger partial charge in [-0.15, -0.1) is 0 Å². The van der Waals surface area contributed by atoms with Crippen LogP contribution in [0.4, 0.5) is 33.7 Å². The first kappa shape index (κ1) is 19.7. The number of alkyl halides is 3. The van der Waals surface area contributed by atoms with Crippen molar-refractivity contribution in [3.8, 4) is 0 Å². The molecule has 3 N–H and O–H groups in total. The SMILES string of the molecule is O=C(Nc1ccc(S(=O)(=O)NCC(F)(F)F)cc1)Nc1ccccc1F. The Kier molecular flexibility index (Phi) is 5.83. The number of carbonyl (C=O) groups excluding carboxylic acids is 1. The molecule has 0 bridgehead atoms. The lowest BCUT2D eigenvalue weighted by molar-refractivity contribution is -0.121. The highest BCUT2D eigenvalue weighted by Crippen LogP contribution is 2.18. The summed E-state index contributed by atoms with van der Waals surface area (Å²) < 4.78 is 74.7. The molecule has 2 amide bonds. The van der Waals surface area contributed by atoms with Gasteiger partial charge in [0.05, 0.1) is 10.6 Å². The van der Waals surface area contributed by atoms with Crippen molar-refractivity contribution in [2.75, 3.05) is 17.2 Å².